The van der Waals surface area contributed by atoms with Gasteiger partial charge in [0.05, 0.1) is 33.6 Å². The van der Waals surface area contributed by atoms with Gasteiger partial charge in [-0.05, 0) is 125 Å². The van der Waals surface area contributed by atoms with Crippen molar-refractivity contribution in [1.29, 1.82) is 0 Å². The molecule has 0 bridgehead atoms. The van der Waals surface area contributed by atoms with Gasteiger partial charge in [-0.2, -0.15) is 0 Å². The molecule has 0 saturated heterocycles. The summed E-state index contributed by atoms with van der Waals surface area (Å²) < 4.78 is 41.4. The second kappa shape index (κ2) is 11.4. The Hall–Kier alpha value is 0.194. The summed E-state index contributed by atoms with van der Waals surface area (Å²) in [6, 6.07) is 0. The van der Waals surface area contributed by atoms with Gasteiger partial charge in [0.15, 0.2) is 0 Å². The van der Waals surface area contributed by atoms with E-state index >= 15 is 0 Å². The molecule has 0 radical (unpaired) electrons. The van der Waals surface area contributed by atoms with Gasteiger partial charge in [-0.25, -0.2) is 0 Å². The van der Waals surface area contributed by atoms with Crippen LogP contribution < -0.4 is 0 Å². The molecule has 6 nitrogen and oxygen atoms in total. The normalized spacial score (nSPS) is 17.3. The fourth-order valence-electron chi connectivity index (χ4n) is 3.86. The van der Waals surface area contributed by atoms with Crippen molar-refractivity contribution in [2.75, 3.05) is 0 Å². The standard InChI is InChI=1S/C28H62O6Si2/c1-21(35(29-23(3,4)5,30-24(6,7)8)31-25(9,10)11)22(2)36(32-26(12,13)14,33-27(15,16)17)34-28(18,19)20/h21-22H,1-20H3. The van der Waals surface area contributed by atoms with Gasteiger partial charge < -0.3 is 26.6 Å². The molecule has 0 rings (SSSR count). The van der Waals surface area contributed by atoms with E-state index in [0.717, 1.165) is 0 Å². The third-order valence-corrected chi connectivity index (χ3v) is 13.5. The lowest BCUT2D eigenvalue weighted by Gasteiger charge is -2.51. The van der Waals surface area contributed by atoms with Crippen LogP contribution in [0.15, 0.2) is 0 Å². The SMILES string of the molecule is CC(C(C)[Si](OC(C)(C)C)(OC(C)(C)C)OC(C)(C)C)[Si](OC(C)(C)C)(OC(C)(C)C)OC(C)(C)C. The van der Waals surface area contributed by atoms with Crippen LogP contribution in [0.25, 0.3) is 0 Å². The Labute approximate surface area is 227 Å². The van der Waals surface area contributed by atoms with E-state index in [4.69, 9.17) is 26.6 Å². The molecular weight excluding hydrogens is 488 g/mol. The van der Waals surface area contributed by atoms with Gasteiger partial charge >= 0.3 is 17.6 Å². The maximum atomic E-state index is 6.90. The van der Waals surface area contributed by atoms with Crippen molar-refractivity contribution in [3.63, 3.8) is 0 Å². The first-order valence-corrected chi connectivity index (χ1v) is 17.1. The molecule has 0 aliphatic heterocycles. The van der Waals surface area contributed by atoms with Crippen LogP contribution in [-0.4, -0.2) is 51.2 Å². The maximum Gasteiger partial charge on any atom is 0.505 e. The quantitative estimate of drug-likeness (QED) is 0.268. The van der Waals surface area contributed by atoms with Gasteiger partial charge in [0.2, 0.25) is 0 Å². The lowest BCUT2D eigenvalue weighted by molar-refractivity contribution is -0.0954. The van der Waals surface area contributed by atoms with Gasteiger partial charge in [0, 0.05) is 11.1 Å². The number of hydrogen-bond acceptors (Lipinski definition) is 6. The zero-order chi connectivity index (χ0) is 29.4. The van der Waals surface area contributed by atoms with Crippen molar-refractivity contribution in [1.82, 2.24) is 0 Å². The van der Waals surface area contributed by atoms with E-state index in [1.807, 2.05) is 0 Å². The number of rotatable bonds is 9. The van der Waals surface area contributed by atoms with E-state index in [2.05, 4.69) is 138 Å². The van der Waals surface area contributed by atoms with Crippen LogP contribution in [0.1, 0.15) is 138 Å². The van der Waals surface area contributed by atoms with Crippen molar-refractivity contribution < 1.29 is 26.6 Å². The van der Waals surface area contributed by atoms with E-state index in [-0.39, 0.29) is 11.1 Å². The van der Waals surface area contributed by atoms with Crippen LogP contribution in [0.5, 0.6) is 0 Å². The largest absolute Gasteiger partial charge is 0.505 e. The first-order valence-electron chi connectivity index (χ1n) is 13.5. The fourth-order valence-corrected chi connectivity index (χ4v) is 12.8. The number of hydrogen-bond donors (Lipinski definition) is 0. The van der Waals surface area contributed by atoms with Crippen molar-refractivity contribution in [2.45, 2.75) is 183 Å². The molecule has 0 heterocycles. The highest BCUT2D eigenvalue weighted by Gasteiger charge is 2.64. The first-order chi connectivity index (χ1) is 15.3. The zero-order valence-corrected chi connectivity index (χ0v) is 29.6. The Morgan fingerprint density at radius 3 is 0.500 bits per heavy atom. The first kappa shape index (κ1) is 36.2. The smallest absolute Gasteiger partial charge is 0.368 e. The summed E-state index contributed by atoms with van der Waals surface area (Å²) in [5, 5.41) is 0. The molecule has 8 heteroatoms. The second-order valence-corrected chi connectivity index (χ2v) is 21.5. The Morgan fingerprint density at radius 1 is 0.306 bits per heavy atom. The molecule has 0 saturated carbocycles. The summed E-state index contributed by atoms with van der Waals surface area (Å²) >= 11 is 0. The summed E-state index contributed by atoms with van der Waals surface area (Å²) in [4.78, 5) is 0. The Morgan fingerprint density at radius 2 is 0.417 bits per heavy atom. The van der Waals surface area contributed by atoms with Crippen molar-refractivity contribution >= 4 is 17.6 Å². The molecule has 0 aliphatic rings. The molecule has 0 aromatic carbocycles. The minimum atomic E-state index is -3.41. The van der Waals surface area contributed by atoms with Crippen LogP contribution in [0.2, 0.25) is 11.1 Å². The van der Waals surface area contributed by atoms with Crippen molar-refractivity contribution in [3.05, 3.63) is 0 Å². The minimum absolute atomic E-state index is 0.186. The Bertz CT molecular complexity index is 540. The topological polar surface area (TPSA) is 55.4 Å². The Balaban J connectivity index is 7.27. The molecule has 0 fully saturated rings. The highest BCUT2D eigenvalue weighted by atomic mass is 28.4. The molecule has 2 unspecified atom stereocenters. The van der Waals surface area contributed by atoms with Crippen LogP contribution >= 0.6 is 0 Å². The average molecular weight is 551 g/mol. The third kappa shape index (κ3) is 13.8. The van der Waals surface area contributed by atoms with E-state index in [1.165, 1.54) is 0 Å². The van der Waals surface area contributed by atoms with Gasteiger partial charge in [-0.3, -0.25) is 0 Å². The molecule has 36 heavy (non-hydrogen) atoms. The minimum Gasteiger partial charge on any atom is -0.368 e. The van der Waals surface area contributed by atoms with E-state index in [1.54, 1.807) is 0 Å². The molecule has 218 valence electrons. The summed E-state index contributed by atoms with van der Waals surface area (Å²) in [5.41, 5.74) is -3.28. The van der Waals surface area contributed by atoms with E-state index in [0.29, 0.717) is 0 Å². The summed E-state index contributed by atoms with van der Waals surface area (Å²) in [6.07, 6.45) is 0. The highest BCUT2D eigenvalue weighted by Crippen LogP contribution is 2.49. The lowest BCUT2D eigenvalue weighted by Crippen LogP contribution is -2.65. The molecule has 0 aliphatic carbocycles. The van der Waals surface area contributed by atoms with Crippen LogP contribution in [0.3, 0.4) is 0 Å². The highest BCUT2D eigenvalue weighted by molar-refractivity contribution is 6.69. The fraction of sp³-hybridized carbons (Fsp3) is 1.00. The van der Waals surface area contributed by atoms with Crippen molar-refractivity contribution in [2.24, 2.45) is 0 Å². The molecule has 0 aromatic heterocycles. The van der Waals surface area contributed by atoms with Crippen LogP contribution in [-0.2, 0) is 26.6 Å². The molecule has 0 aromatic rings. The Kier molecular flexibility index (Phi) is 11.4. The van der Waals surface area contributed by atoms with Crippen LogP contribution in [0.4, 0.5) is 0 Å². The van der Waals surface area contributed by atoms with Gasteiger partial charge in [0.1, 0.15) is 0 Å². The third-order valence-electron chi connectivity index (χ3n) is 4.56. The van der Waals surface area contributed by atoms with Gasteiger partial charge in [0.25, 0.3) is 0 Å². The molecule has 2 atom stereocenters. The monoisotopic (exact) mass is 550 g/mol. The molecular formula is C28H62O6Si2. The summed E-state index contributed by atoms with van der Waals surface area (Å²) in [5.74, 6) is 0. The second-order valence-electron chi connectivity index (χ2n) is 16.1. The van der Waals surface area contributed by atoms with Gasteiger partial charge in [-0.1, -0.05) is 13.8 Å². The predicted octanol–water partition coefficient (Wildman–Crippen LogP) is 8.54. The molecule has 0 N–H and O–H groups in total. The summed E-state index contributed by atoms with van der Waals surface area (Å²) in [7, 11) is -6.82. The maximum absolute atomic E-state index is 6.90. The predicted molar refractivity (Wildman–Crippen MR) is 155 cm³/mol. The van der Waals surface area contributed by atoms with Crippen LogP contribution in [0, 0.1) is 0 Å². The van der Waals surface area contributed by atoms with Crippen molar-refractivity contribution in [3.8, 4) is 0 Å². The molecule has 0 amide bonds. The van der Waals surface area contributed by atoms with Gasteiger partial charge in [-0.15, -0.1) is 0 Å². The lowest BCUT2D eigenvalue weighted by atomic mass is 10.2. The van der Waals surface area contributed by atoms with E-state index in [9.17, 15) is 0 Å². The average Bonchev–Trinajstić information content (AvgIpc) is 2.42. The summed E-state index contributed by atoms with van der Waals surface area (Å²) in [6.45, 7) is 41.3. The molecule has 0 spiro atoms. The zero-order valence-electron chi connectivity index (χ0n) is 27.6. The van der Waals surface area contributed by atoms with E-state index < -0.39 is 51.2 Å².